The van der Waals surface area contributed by atoms with Gasteiger partial charge in [0.15, 0.2) is 0 Å². The predicted molar refractivity (Wildman–Crippen MR) is 101 cm³/mol. The Morgan fingerprint density at radius 2 is 2.00 bits per heavy atom. The van der Waals surface area contributed by atoms with Gasteiger partial charge in [0.2, 0.25) is 0 Å². The molecule has 0 atom stereocenters. The lowest BCUT2D eigenvalue weighted by molar-refractivity contribution is 0.148. The first-order valence-corrected chi connectivity index (χ1v) is 8.40. The SMILES string of the molecule is CCCCCOCNc1ccccc1C(=N)/C=C/c1ccccn1. The molecule has 0 aliphatic heterocycles. The summed E-state index contributed by atoms with van der Waals surface area (Å²) in [7, 11) is 0. The van der Waals surface area contributed by atoms with E-state index in [-0.39, 0.29) is 0 Å². The highest BCUT2D eigenvalue weighted by Crippen LogP contribution is 2.16. The maximum Gasteiger partial charge on any atom is 0.116 e. The van der Waals surface area contributed by atoms with E-state index in [4.69, 9.17) is 10.1 Å². The van der Waals surface area contributed by atoms with Crippen LogP contribution in [0.15, 0.2) is 54.7 Å². The van der Waals surface area contributed by atoms with Gasteiger partial charge in [0.25, 0.3) is 0 Å². The summed E-state index contributed by atoms with van der Waals surface area (Å²) in [6.45, 7) is 3.40. The molecule has 0 radical (unpaired) electrons. The largest absolute Gasteiger partial charge is 0.362 e. The zero-order valence-corrected chi connectivity index (χ0v) is 14.2. The Labute approximate surface area is 144 Å². The molecule has 0 saturated carbocycles. The van der Waals surface area contributed by atoms with E-state index in [0.29, 0.717) is 12.4 Å². The minimum Gasteiger partial charge on any atom is -0.362 e. The van der Waals surface area contributed by atoms with Crippen molar-refractivity contribution in [3.63, 3.8) is 0 Å². The lowest BCUT2D eigenvalue weighted by Crippen LogP contribution is -2.10. The molecule has 1 aromatic carbocycles. The zero-order chi connectivity index (χ0) is 17.0. The van der Waals surface area contributed by atoms with Gasteiger partial charge in [0.1, 0.15) is 6.73 Å². The van der Waals surface area contributed by atoms with Crippen molar-refractivity contribution in [2.45, 2.75) is 26.2 Å². The van der Waals surface area contributed by atoms with Crippen LogP contribution in [-0.2, 0) is 4.74 Å². The van der Waals surface area contributed by atoms with E-state index in [0.717, 1.165) is 30.0 Å². The van der Waals surface area contributed by atoms with Crippen LogP contribution in [0.2, 0.25) is 0 Å². The fraction of sp³-hybridized carbons (Fsp3) is 0.300. The van der Waals surface area contributed by atoms with Crippen molar-refractivity contribution in [1.29, 1.82) is 5.41 Å². The maximum absolute atomic E-state index is 8.30. The van der Waals surface area contributed by atoms with E-state index in [1.165, 1.54) is 12.8 Å². The van der Waals surface area contributed by atoms with Crippen LogP contribution in [0.5, 0.6) is 0 Å². The number of benzene rings is 1. The average Bonchev–Trinajstić information content (AvgIpc) is 2.64. The lowest BCUT2D eigenvalue weighted by Gasteiger charge is -2.11. The Hall–Kier alpha value is -2.46. The highest BCUT2D eigenvalue weighted by molar-refractivity contribution is 6.11. The van der Waals surface area contributed by atoms with Crippen LogP contribution in [0.4, 0.5) is 5.69 Å². The monoisotopic (exact) mass is 323 g/mol. The minimum absolute atomic E-state index is 0.440. The third-order valence-electron chi connectivity index (χ3n) is 3.58. The van der Waals surface area contributed by atoms with Gasteiger partial charge in [-0.1, -0.05) is 44.0 Å². The number of para-hydroxylation sites is 1. The Morgan fingerprint density at radius 3 is 2.79 bits per heavy atom. The molecule has 2 aromatic rings. The summed E-state index contributed by atoms with van der Waals surface area (Å²) in [5.41, 5.74) is 3.03. The molecule has 24 heavy (non-hydrogen) atoms. The smallest absolute Gasteiger partial charge is 0.116 e. The summed E-state index contributed by atoms with van der Waals surface area (Å²) >= 11 is 0. The van der Waals surface area contributed by atoms with Crippen LogP contribution in [0.1, 0.15) is 37.4 Å². The van der Waals surface area contributed by atoms with Crippen molar-refractivity contribution in [2.24, 2.45) is 0 Å². The quantitative estimate of drug-likeness (QED) is 0.377. The lowest BCUT2D eigenvalue weighted by atomic mass is 10.1. The molecule has 0 spiro atoms. The Bertz CT molecular complexity index is 653. The average molecular weight is 323 g/mol. The first kappa shape index (κ1) is 17.9. The van der Waals surface area contributed by atoms with E-state index >= 15 is 0 Å². The molecular weight excluding hydrogens is 298 g/mol. The van der Waals surface area contributed by atoms with Crippen molar-refractivity contribution in [2.75, 3.05) is 18.7 Å². The van der Waals surface area contributed by atoms with E-state index < -0.39 is 0 Å². The molecule has 0 saturated heterocycles. The van der Waals surface area contributed by atoms with Crippen LogP contribution < -0.4 is 5.32 Å². The number of hydrogen-bond donors (Lipinski definition) is 2. The molecule has 0 bridgehead atoms. The molecule has 2 N–H and O–H groups in total. The van der Waals surface area contributed by atoms with Crippen molar-refractivity contribution < 1.29 is 4.74 Å². The number of allylic oxidation sites excluding steroid dienone is 1. The molecule has 1 heterocycles. The summed E-state index contributed by atoms with van der Waals surface area (Å²) < 4.78 is 5.59. The van der Waals surface area contributed by atoms with Crippen LogP contribution in [0, 0.1) is 5.41 Å². The van der Waals surface area contributed by atoms with Crippen LogP contribution in [-0.4, -0.2) is 24.0 Å². The van der Waals surface area contributed by atoms with Crippen molar-refractivity contribution in [1.82, 2.24) is 4.98 Å². The van der Waals surface area contributed by atoms with Gasteiger partial charge in [-0.25, -0.2) is 0 Å². The molecule has 4 heteroatoms. The van der Waals surface area contributed by atoms with Gasteiger partial charge in [-0.3, -0.25) is 4.98 Å². The van der Waals surface area contributed by atoms with Gasteiger partial charge in [-0.2, -0.15) is 0 Å². The Balaban J connectivity index is 1.92. The molecule has 2 rings (SSSR count). The van der Waals surface area contributed by atoms with Gasteiger partial charge >= 0.3 is 0 Å². The second kappa shape index (κ2) is 10.3. The van der Waals surface area contributed by atoms with Crippen molar-refractivity contribution in [3.8, 4) is 0 Å². The fourth-order valence-electron chi connectivity index (χ4n) is 2.26. The van der Waals surface area contributed by atoms with Gasteiger partial charge in [0, 0.05) is 24.1 Å². The van der Waals surface area contributed by atoms with Crippen LogP contribution in [0.25, 0.3) is 6.08 Å². The van der Waals surface area contributed by atoms with Crippen LogP contribution >= 0.6 is 0 Å². The number of unbranched alkanes of at least 4 members (excludes halogenated alkanes) is 2. The number of nitrogens with one attached hydrogen (secondary N) is 2. The Kier molecular flexibility index (Phi) is 7.71. The third kappa shape index (κ3) is 5.97. The number of aromatic nitrogens is 1. The predicted octanol–water partition coefficient (Wildman–Crippen LogP) is 4.74. The van der Waals surface area contributed by atoms with Gasteiger partial charge < -0.3 is 15.5 Å². The highest BCUT2D eigenvalue weighted by Gasteiger charge is 2.04. The molecule has 0 aliphatic rings. The highest BCUT2D eigenvalue weighted by atomic mass is 16.5. The molecule has 0 amide bonds. The topological polar surface area (TPSA) is 58.0 Å². The van der Waals surface area contributed by atoms with Crippen LogP contribution in [0.3, 0.4) is 0 Å². The van der Waals surface area contributed by atoms with E-state index in [2.05, 4.69) is 17.2 Å². The third-order valence-corrected chi connectivity index (χ3v) is 3.58. The minimum atomic E-state index is 0.440. The first-order chi connectivity index (χ1) is 11.8. The number of ether oxygens (including phenoxy) is 1. The summed E-state index contributed by atoms with van der Waals surface area (Å²) in [6, 6.07) is 13.5. The van der Waals surface area contributed by atoms with E-state index in [1.54, 1.807) is 12.3 Å². The van der Waals surface area contributed by atoms with Gasteiger partial charge in [-0.15, -0.1) is 0 Å². The van der Waals surface area contributed by atoms with Crippen molar-refractivity contribution >= 4 is 17.5 Å². The molecule has 0 unspecified atom stereocenters. The number of hydrogen-bond acceptors (Lipinski definition) is 4. The number of anilines is 1. The summed E-state index contributed by atoms with van der Waals surface area (Å²) in [5, 5.41) is 11.6. The molecular formula is C20H25N3O. The van der Waals surface area contributed by atoms with Gasteiger partial charge in [0.05, 0.1) is 11.4 Å². The molecule has 4 nitrogen and oxygen atoms in total. The summed E-state index contributed by atoms with van der Waals surface area (Å²) in [6.07, 6.45) is 8.83. The number of nitrogens with zero attached hydrogens (tertiary/aromatic N) is 1. The van der Waals surface area contributed by atoms with Crippen molar-refractivity contribution in [3.05, 3.63) is 66.0 Å². The van der Waals surface area contributed by atoms with Gasteiger partial charge in [-0.05, 0) is 36.8 Å². The number of pyridine rings is 1. The summed E-state index contributed by atoms with van der Waals surface area (Å²) in [5.74, 6) is 0. The Morgan fingerprint density at radius 1 is 1.17 bits per heavy atom. The fourth-order valence-corrected chi connectivity index (χ4v) is 2.26. The molecule has 0 aliphatic carbocycles. The zero-order valence-electron chi connectivity index (χ0n) is 14.2. The normalized spacial score (nSPS) is 10.9. The molecule has 0 fully saturated rings. The molecule has 126 valence electrons. The van der Waals surface area contributed by atoms with E-state index in [1.807, 2.05) is 48.5 Å². The molecule has 1 aromatic heterocycles. The second-order valence-electron chi connectivity index (χ2n) is 5.48. The second-order valence-corrected chi connectivity index (χ2v) is 5.48. The summed E-state index contributed by atoms with van der Waals surface area (Å²) in [4.78, 5) is 4.23. The first-order valence-electron chi connectivity index (χ1n) is 8.40. The maximum atomic E-state index is 8.30. The number of rotatable bonds is 10. The van der Waals surface area contributed by atoms with E-state index in [9.17, 15) is 0 Å². The standard InChI is InChI=1S/C20H25N3O/c1-2-3-8-15-24-16-23-20-11-5-4-10-18(20)19(21)13-12-17-9-6-7-14-22-17/h4-7,9-14,21,23H,2-3,8,15-16H2,1H3/b13-12+,21-19?.